The molecule has 0 bridgehead atoms. The summed E-state index contributed by atoms with van der Waals surface area (Å²) in [6, 6.07) is 3.52. The maximum Gasteiger partial charge on any atom is 0.244 e. The summed E-state index contributed by atoms with van der Waals surface area (Å²) in [6.45, 7) is 1.41. The van der Waals surface area contributed by atoms with Crippen LogP contribution < -0.4 is 15.2 Å². The normalized spacial score (nSPS) is 15.0. The van der Waals surface area contributed by atoms with Gasteiger partial charge in [0.15, 0.2) is 0 Å². The van der Waals surface area contributed by atoms with E-state index in [1.807, 2.05) is 0 Å². The summed E-state index contributed by atoms with van der Waals surface area (Å²) < 4.78 is 31.5. The molecule has 0 amide bonds. The van der Waals surface area contributed by atoms with Gasteiger partial charge >= 0.3 is 0 Å². The van der Waals surface area contributed by atoms with E-state index in [4.69, 9.17) is 22.1 Å². The molecule has 6 nitrogen and oxygen atoms in total. The lowest BCUT2D eigenvalue weighted by Crippen LogP contribution is -2.43. The molecular weight excluding hydrogens is 292 g/mol. The van der Waals surface area contributed by atoms with Gasteiger partial charge < -0.3 is 15.6 Å². The first-order valence-electron chi connectivity index (χ1n) is 5.54. The van der Waals surface area contributed by atoms with Crippen molar-refractivity contribution in [3.63, 3.8) is 0 Å². The van der Waals surface area contributed by atoms with Crippen LogP contribution in [0.5, 0.6) is 5.75 Å². The molecular formula is C11H17ClN2O4S. The number of nitrogens with two attached hydrogens (primary N) is 1. The standard InChI is InChI=1S/C11H17ClN2O4S/c1-7(15)9(13)6-14-19(16,17)11-4-3-8(12)5-10(11)18-2/h3-5,7,9,14-15H,6,13H2,1-2H3. The number of aliphatic hydroxyl groups excluding tert-OH is 1. The van der Waals surface area contributed by atoms with Crippen LogP contribution >= 0.6 is 11.6 Å². The molecule has 1 aromatic rings. The molecule has 8 heteroatoms. The molecule has 2 atom stereocenters. The van der Waals surface area contributed by atoms with Crippen LogP contribution in [0.3, 0.4) is 0 Å². The zero-order chi connectivity index (χ0) is 14.6. The highest BCUT2D eigenvalue weighted by atomic mass is 35.5. The Kier molecular flexibility index (Phi) is 5.57. The highest BCUT2D eigenvalue weighted by Crippen LogP contribution is 2.26. The van der Waals surface area contributed by atoms with Crippen LogP contribution in [0.15, 0.2) is 23.1 Å². The first-order valence-corrected chi connectivity index (χ1v) is 7.41. The molecule has 0 aliphatic rings. The van der Waals surface area contributed by atoms with Gasteiger partial charge in [-0.25, -0.2) is 13.1 Å². The monoisotopic (exact) mass is 308 g/mol. The Bertz CT molecular complexity index is 533. The predicted molar refractivity (Wildman–Crippen MR) is 72.8 cm³/mol. The molecule has 0 aliphatic heterocycles. The third-order valence-corrected chi connectivity index (χ3v) is 4.24. The lowest BCUT2D eigenvalue weighted by Gasteiger charge is -2.16. The van der Waals surface area contributed by atoms with Gasteiger partial charge in [0, 0.05) is 23.7 Å². The van der Waals surface area contributed by atoms with Crippen LogP contribution in [0.2, 0.25) is 5.02 Å². The van der Waals surface area contributed by atoms with Gasteiger partial charge in [0.25, 0.3) is 0 Å². The molecule has 0 saturated heterocycles. The van der Waals surface area contributed by atoms with E-state index in [0.29, 0.717) is 5.02 Å². The lowest BCUT2D eigenvalue weighted by molar-refractivity contribution is 0.164. The topological polar surface area (TPSA) is 102 Å². The number of aliphatic hydroxyl groups is 1. The quantitative estimate of drug-likeness (QED) is 0.703. The lowest BCUT2D eigenvalue weighted by atomic mass is 10.2. The smallest absolute Gasteiger partial charge is 0.244 e. The van der Waals surface area contributed by atoms with Gasteiger partial charge in [0.05, 0.1) is 13.2 Å². The number of halogens is 1. The highest BCUT2D eigenvalue weighted by molar-refractivity contribution is 7.89. The Morgan fingerprint density at radius 3 is 2.68 bits per heavy atom. The summed E-state index contributed by atoms with van der Waals surface area (Å²) in [5, 5.41) is 9.60. The maximum atomic E-state index is 12.1. The fraction of sp³-hybridized carbons (Fsp3) is 0.455. The number of ether oxygens (including phenoxy) is 1. The number of hydrogen-bond acceptors (Lipinski definition) is 5. The fourth-order valence-electron chi connectivity index (χ4n) is 1.32. The Balaban J connectivity index is 2.95. The fourth-order valence-corrected chi connectivity index (χ4v) is 2.70. The molecule has 4 N–H and O–H groups in total. The molecule has 0 aliphatic carbocycles. The molecule has 0 heterocycles. The number of benzene rings is 1. The SMILES string of the molecule is COc1cc(Cl)ccc1S(=O)(=O)NCC(N)C(C)O. The van der Waals surface area contributed by atoms with E-state index >= 15 is 0 Å². The average molecular weight is 309 g/mol. The van der Waals surface area contributed by atoms with Crippen molar-refractivity contribution in [3.8, 4) is 5.75 Å². The number of hydrogen-bond donors (Lipinski definition) is 3. The van der Waals surface area contributed by atoms with Crippen molar-refractivity contribution in [1.29, 1.82) is 0 Å². The minimum absolute atomic E-state index is 0.0304. The van der Waals surface area contributed by atoms with Crippen molar-refractivity contribution >= 4 is 21.6 Å². The zero-order valence-corrected chi connectivity index (χ0v) is 12.2. The molecule has 1 rings (SSSR count). The Labute approximate surface area is 117 Å². The summed E-state index contributed by atoms with van der Waals surface area (Å²) >= 11 is 5.77. The molecule has 1 aromatic carbocycles. The van der Waals surface area contributed by atoms with E-state index in [0.717, 1.165) is 0 Å². The zero-order valence-electron chi connectivity index (χ0n) is 10.6. The van der Waals surface area contributed by atoms with E-state index in [1.54, 1.807) is 0 Å². The second-order valence-corrected chi connectivity index (χ2v) is 6.22. The number of sulfonamides is 1. The Hall–Kier alpha value is -0.860. The minimum atomic E-state index is -3.77. The van der Waals surface area contributed by atoms with Crippen LogP contribution in [0.25, 0.3) is 0 Å². The average Bonchev–Trinajstić information content (AvgIpc) is 2.35. The molecule has 0 radical (unpaired) electrons. The summed E-state index contributed by atoms with van der Waals surface area (Å²) in [7, 11) is -2.42. The second kappa shape index (κ2) is 6.53. The van der Waals surface area contributed by atoms with Gasteiger partial charge in [0.2, 0.25) is 10.0 Å². The molecule has 0 aromatic heterocycles. The van der Waals surface area contributed by atoms with Crippen LogP contribution in [0, 0.1) is 0 Å². The van der Waals surface area contributed by atoms with Gasteiger partial charge in [-0.2, -0.15) is 0 Å². The van der Waals surface area contributed by atoms with Crippen molar-refractivity contribution in [2.24, 2.45) is 5.73 Å². The van der Waals surface area contributed by atoms with Crippen molar-refractivity contribution in [2.45, 2.75) is 24.0 Å². The Morgan fingerprint density at radius 2 is 2.16 bits per heavy atom. The molecule has 0 spiro atoms. The van der Waals surface area contributed by atoms with Crippen LogP contribution in [0.1, 0.15) is 6.92 Å². The van der Waals surface area contributed by atoms with E-state index in [9.17, 15) is 13.5 Å². The number of nitrogens with one attached hydrogen (secondary N) is 1. The number of methoxy groups -OCH3 is 1. The van der Waals surface area contributed by atoms with E-state index in [2.05, 4.69) is 4.72 Å². The van der Waals surface area contributed by atoms with Crippen LogP contribution in [0.4, 0.5) is 0 Å². The molecule has 0 fully saturated rings. The first kappa shape index (κ1) is 16.2. The molecule has 0 saturated carbocycles. The molecule has 19 heavy (non-hydrogen) atoms. The van der Waals surface area contributed by atoms with E-state index < -0.39 is 22.2 Å². The third kappa shape index (κ3) is 4.32. The van der Waals surface area contributed by atoms with Crippen molar-refractivity contribution in [2.75, 3.05) is 13.7 Å². The first-order chi connectivity index (χ1) is 8.77. The summed E-state index contributed by atoms with van der Waals surface area (Å²) in [6.07, 6.45) is -0.810. The van der Waals surface area contributed by atoms with Gasteiger partial charge in [0.1, 0.15) is 10.6 Å². The van der Waals surface area contributed by atoms with Crippen molar-refractivity contribution < 1.29 is 18.3 Å². The highest BCUT2D eigenvalue weighted by Gasteiger charge is 2.21. The number of rotatable bonds is 6. The van der Waals surface area contributed by atoms with Gasteiger partial charge in [-0.05, 0) is 19.1 Å². The summed E-state index contributed by atoms with van der Waals surface area (Å²) in [4.78, 5) is -0.0304. The Morgan fingerprint density at radius 1 is 1.53 bits per heavy atom. The molecule has 108 valence electrons. The largest absolute Gasteiger partial charge is 0.495 e. The van der Waals surface area contributed by atoms with Gasteiger partial charge in [-0.1, -0.05) is 11.6 Å². The maximum absolute atomic E-state index is 12.1. The summed E-state index contributed by atoms with van der Waals surface area (Å²) in [5.41, 5.74) is 5.57. The van der Waals surface area contributed by atoms with Crippen molar-refractivity contribution in [1.82, 2.24) is 4.72 Å². The summed E-state index contributed by atoms with van der Waals surface area (Å²) in [5.74, 6) is 0.144. The van der Waals surface area contributed by atoms with E-state index in [1.165, 1.54) is 32.2 Å². The van der Waals surface area contributed by atoms with Gasteiger partial charge in [-0.3, -0.25) is 0 Å². The van der Waals surface area contributed by atoms with E-state index in [-0.39, 0.29) is 17.2 Å². The van der Waals surface area contributed by atoms with Crippen LogP contribution in [-0.2, 0) is 10.0 Å². The van der Waals surface area contributed by atoms with Crippen molar-refractivity contribution in [3.05, 3.63) is 23.2 Å². The predicted octanol–water partition coefficient (Wildman–Crippen LogP) is 0.335. The third-order valence-electron chi connectivity index (χ3n) is 2.54. The second-order valence-electron chi connectivity index (χ2n) is 4.05. The minimum Gasteiger partial charge on any atom is -0.495 e. The molecule has 2 unspecified atom stereocenters. The van der Waals surface area contributed by atoms with Crippen LogP contribution in [-0.4, -0.2) is 39.3 Å². The van der Waals surface area contributed by atoms with Gasteiger partial charge in [-0.15, -0.1) is 0 Å².